The zero-order valence-electron chi connectivity index (χ0n) is 16.7. The maximum Gasteiger partial charge on any atom is 0.0640 e. The van der Waals surface area contributed by atoms with Gasteiger partial charge < -0.3 is 10.5 Å². The second-order valence-electron chi connectivity index (χ2n) is 7.63. The normalized spacial score (nSPS) is 12.7. The van der Waals surface area contributed by atoms with Gasteiger partial charge in [0.1, 0.15) is 0 Å². The monoisotopic (exact) mass is 337 g/mol. The van der Waals surface area contributed by atoms with Crippen molar-refractivity contribution in [3.63, 3.8) is 0 Å². The molecule has 0 aliphatic carbocycles. The molecule has 2 N–H and O–H groups in total. The number of hydrogen-bond donors (Lipinski definition) is 1. The van der Waals surface area contributed by atoms with Gasteiger partial charge in [-0.15, -0.1) is 0 Å². The first kappa shape index (κ1) is 23.4. The Labute approximate surface area is 151 Å². The van der Waals surface area contributed by atoms with Crippen LogP contribution in [0, 0.1) is 0 Å². The summed E-state index contributed by atoms with van der Waals surface area (Å²) in [5.74, 6) is 0. The minimum absolute atomic E-state index is 0.196. The first-order valence-corrected chi connectivity index (χ1v) is 10.2. The predicted molar refractivity (Wildman–Crippen MR) is 108 cm³/mol. The van der Waals surface area contributed by atoms with Crippen LogP contribution in [0.15, 0.2) is 24.3 Å². The van der Waals surface area contributed by atoms with Crippen molar-refractivity contribution in [2.75, 3.05) is 13.2 Å². The molecule has 0 saturated heterocycles. The van der Waals surface area contributed by atoms with E-state index in [1.165, 1.54) is 70.6 Å². The van der Waals surface area contributed by atoms with E-state index in [0.717, 1.165) is 13.0 Å². The van der Waals surface area contributed by atoms with Crippen LogP contribution in [0.4, 0.5) is 0 Å². The molecule has 0 amide bonds. The molecule has 2 heteroatoms. The van der Waals surface area contributed by atoms with Gasteiger partial charge in [-0.2, -0.15) is 0 Å². The van der Waals surface area contributed by atoms with Gasteiger partial charge in [-0.05, 0) is 52.4 Å². The average Bonchev–Trinajstić information content (AvgIpc) is 2.52. The largest absolute Gasteiger partial charge is 0.380 e. The van der Waals surface area contributed by atoms with Gasteiger partial charge in [0.2, 0.25) is 0 Å². The minimum atomic E-state index is -0.196. The zero-order chi connectivity index (χ0) is 17.9. The summed E-state index contributed by atoms with van der Waals surface area (Å²) in [6.45, 7) is 7.78. The Bertz CT molecular complexity index is 302. The summed E-state index contributed by atoms with van der Waals surface area (Å²) in [7, 11) is 0. The van der Waals surface area contributed by atoms with E-state index < -0.39 is 0 Å². The fraction of sp³-hybridized carbons (Fsp3) is 0.818. The van der Waals surface area contributed by atoms with Crippen LogP contribution in [0.25, 0.3) is 0 Å². The van der Waals surface area contributed by atoms with E-state index in [2.05, 4.69) is 31.2 Å². The molecular weight excluding hydrogens is 294 g/mol. The highest BCUT2D eigenvalue weighted by Crippen LogP contribution is 2.08. The van der Waals surface area contributed by atoms with E-state index in [1.54, 1.807) is 0 Å². The van der Waals surface area contributed by atoms with Gasteiger partial charge in [0, 0.05) is 12.1 Å². The minimum Gasteiger partial charge on any atom is -0.380 e. The summed E-state index contributed by atoms with van der Waals surface area (Å²) in [6, 6.07) is 0. The molecule has 0 radical (unpaired) electrons. The average molecular weight is 338 g/mol. The molecule has 0 aliphatic heterocycles. The second kappa shape index (κ2) is 17.2. The molecule has 142 valence electrons. The van der Waals surface area contributed by atoms with Crippen LogP contribution in [0.1, 0.15) is 97.8 Å². The number of unbranched alkanes of at least 4 members (excludes halogenated alkanes) is 9. The Morgan fingerprint density at radius 1 is 0.750 bits per heavy atom. The van der Waals surface area contributed by atoms with Crippen molar-refractivity contribution in [1.29, 1.82) is 0 Å². The van der Waals surface area contributed by atoms with E-state index in [-0.39, 0.29) is 5.54 Å². The third-order valence-electron chi connectivity index (χ3n) is 3.96. The lowest BCUT2D eigenvalue weighted by molar-refractivity contribution is 0.0940. The maximum absolute atomic E-state index is 5.87. The predicted octanol–water partition coefficient (Wildman–Crippen LogP) is 6.55. The van der Waals surface area contributed by atoms with E-state index in [9.17, 15) is 0 Å². The quantitative estimate of drug-likeness (QED) is 0.241. The molecule has 0 bridgehead atoms. The third kappa shape index (κ3) is 21.4. The Morgan fingerprint density at radius 2 is 1.29 bits per heavy atom. The van der Waals surface area contributed by atoms with Gasteiger partial charge in [0.05, 0.1) is 6.61 Å². The summed E-state index contributed by atoms with van der Waals surface area (Å²) >= 11 is 0. The number of hydrogen-bond acceptors (Lipinski definition) is 2. The highest BCUT2D eigenvalue weighted by molar-refractivity contribution is 4.92. The van der Waals surface area contributed by atoms with Crippen molar-refractivity contribution < 1.29 is 4.74 Å². The number of allylic oxidation sites excluding steroid dienone is 4. The van der Waals surface area contributed by atoms with Crippen molar-refractivity contribution in [3.8, 4) is 0 Å². The molecule has 24 heavy (non-hydrogen) atoms. The Kier molecular flexibility index (Phi) is 16.8. The van der Waals surface area contributed by atoms with E-state index >= 15 is 0 Å². The summed E-state index contributed by atoms with van der Waals surface area (Å²) in [5, 5.41) is 0. The lowest BCUT2D eigenvalue weighted by Crippen LogP contribution is -2.37. The van der Waals surface area contributed by atoms with Crippen LogP contribution >= 0.6 is 0 Å². The molecule has 0 spiro atoms. The molecule has 0 unspecified atom stereocenters. The summed E-state index contributed by atoms with van der Waals surface area (Å²) in [6.07, 6.45) is 24.7. The fourth-order valence-corrected chi connectivity index (χ4v) is 2.53. The molecule has 0 fully saturated rings. The fourth-order valence-electron chi connectivity index (χ4n) is 2.53. The first-order valence-electron chi connectivity index (χ1n) is 10.2. The molecule has 0 heterocycles. The first-order chi connectivity index (χ1) is 11.6. The van der Waals surface area contributed by atoms with Gasteiger partial charge in [0.25, 0.3) is 0 Å². The highest BCUT2D eigenvalue weighted by Gasteiger charge is 2.09. The molecule has 0 aromatic carbocycles. The van der Waals surface area contributed by atoms with Gasteiger partial charge >= 0.3 is 0 Å². The SMILES string of the molecule is CCCCC/C=C\C/C=C\CCCCCCCCOCC(C)(C)N. The van der Waals surface area contributed by atoms with Crippen LogP contribution in [0.2, 0.25) is 0 Å². The molecule has 2 nitrogen and oxygen atoms in total. The molecule has 0 aromatic heterocycles. The van der Waals surface area contributed by atoms with Gasteiger partial charge in [0.15, 0.2) is 0 Å². The molecule has 0 aliphatic rings. The standard InChI is InChI=1S/C22H43NO/c1-4-5-6-7-8-9-10-11-12-13-14-15-16-17-18-19-20-24-21-22(2,3)23/h8-9,11-12H,4-7,10,13-21,23H2,1-3H3/b9-8-,12-11-. The molecule has 0 aromatic rings. The molecule has 0 rings (SSSR count). The number of rotatable bonds is 17. The van der Waals surface area contributed by atoms with E-state index in [4.69, 9.17) is 10.5 Å². The smallest absolute Gasteiger partial charge is 0.0640 e. The van der Waals surface area contributed by atoms with Crippen LogP contribution in [0.5, 0.6) is 0 Å². The summed E-state index contributed by atoms with van der Waals surface area (Å²) in [4.78, 5) is 0. The van der Waals surface area contributed by atoms with Gasteiger partial charge in [-0.3, -0.25) is 0 Å². The van der Waals surface area contributed by atoms with Crippen molar-refractivity contribution in [1.82, 2.24) is 0 Å². The molecular formula is C22H43NO. The van der Waals surface area contributed by atoms with Gasteiger partial charge in [-0.25, -0.2) is 0 Å². The van der Waals surface area contributed by atoms with Crippen LogP contribution in [0.3, 0.4) is 0 Å². The lowest BCUT2D eigenvalue weighted by atomic mass is 10.1. The second-order valence-corrected chi connectivity index (χ2v) is 7.63. The Hall–Kier alpha value is -0.600. The zero-order valence-corrected chi connectivity index (χ0v) is 16.7. The number of nitrogens with two attached hydrogens (primary N) is 1. The summed E-state index contributed by atoms with van der Waals surface area (Å²) < 4.78 is 5.58. The lowest BCUT2D eigenvalue weighted by Gasteiger charge is -2.18. The highest BCUT2D eigenvalue weighted by atomic mass is 16.5. The van der Waals surface area contributed by atoms with Crippen LogP contribution < -0.4 is 5.73 Å². The Balaban J connectivity index is 3.18. The molecule has 0 saturated carbocycles. The van der Waals surface area contributed by atoms with E-state index in [1.807, 2.05) is 13.8 Å². The van der Waals surface area contributed by atoms with Crippen molar-refractivity contribution >= 4 is 0 Å². The topological polar surface area (TPSA) is 35.2 Å². The maximum atomic E-state index is 5.87. The molecule has 0 atom stereocenters. The third-order valence-corrected chi connectivity index (χ3v) is 3.96. The van der Waals surface area contributed by atoms with Crippen LogP contribution in [-0.2, 0) is 4.74 Å². The van der Waals surface area contributed by atoms with Crippen molar-refractivity contribution in [2.24, 2.45) is 5.73 Å². The van der Waals surface area contributed by atoms with Crippen molar-refractivity contribution in [2.45, 2.75) is 103 Å². The van der Waals surface area contributed by atoms with Crippen molar-refractivity contribution in [3.05, 3.63) is 24.3 Å². The van der Waals surface area contributed by atoms with E-state index in [0.29, 0.717) is 6.61 Å². The summed E-state index contributed by atoms with van der Waals surface area (Å²) in [5.41, 5.74) is 5.68. The van der Waals surface area contributed by atoms with Gasteiger partial charge in [-0.1, -0.05) is 69.8 Å². The Morgan fingerprint density at radius 3 is 1.88 bits per heavy atom. The van der Waals surface area contributed by atoms with Crippen LogP contribution in [-0.4, -0.2) is 18.8 Å². The number of ether oxygens (including phenoxy) is 1.